The Morgan fingerprint density at radius 1 is 0.500 bits per heavy atom. The molecule has 0 aliphatic heterocycles. The first kappa shape index (κ1) is 58.2. The molecule has 0 bridgehead atoms. The van der Waals surface area contributed by atoms with Gasteiger partial charge in [-0.25, -0.2) is 4.57 Å². The Kier molecular flexibility index (Phi) is 42.6. The third-order valence-electron chi connectivity index (χ3n) is 11.0. The molecule has 11 nitrogen and oxygen atoms in total. The fourth-order valence-electron chi connectivity index (χ4n) is 7.12. The van der Waals surface area contributed by atoms with E-state index in [1.807, 2.05) is 0 Å². The van der Waals surface area contributed by atoms with E-state index in [-0.39, 0.29) is 19.4 Å². The summed E-state index contributed by atoms with van der Waals surface area (Å²) in [5.74, 6) is -2.37. The van der Waals surface area contributed by atoms with Crippen LogP contribution in [0.5, 0.6) is 0 Å². The van der Waals surface area contributed by atoms with Crippen molar-refractivity contribution in [2.75, 3.05) is 19.8 Å². The number of hydrogen-bond acceptors (Lipinski definition) is 9. The molecule has 3 atom stereocenters. The normalized spacial score (nSPS) is 13.7. The van der Waals surface area contributed by atoms with E-state index in [1.54, 1.807) is 0 Å². The van der Waals surface area contributed by atoms with Gasteiger partial charge in [0, 0.05) is 12.8 Å². The minimum Gasteiger partial charge on any atom is -0.480 e. The van der Waals surface area contributed by atoms with Crippen molar-refractivity contribution in [2.24, 2.45) is 5.73 Å². The molecule has 0 amide bonds. The summed E-state index contributed by atoms with van der Waals surface area (Å²) in [5.41, 5.74) is 5.34. The van der Waals surface area contributed by atoms with E-state index in [9.17, 15) is 23.8 Å². The zero-order chi connectivity index (χ0) is 44.2. The summed E-state index contributed by atoms with van der Waals surface area (Å²) in [5, 5.41) is 8.90. The molecule has 0 aliphatic rings. The lowest BCUT2D eigenvalue weighted by Gasteiger charge is -2.20. The Hall–Kier alpha value is -1.78. The lowest BCUT2D eigenvalue weighted by atomic mass is 10.0. The minimum atomic E-state index is -4.71. The molecule has 0 aliphatic carbocycles. The number of nitrogens with two attached hydrogens (primary N) is 1. The maximum Gasteiger partial charge on any atom is 0.472 e. The molecule has 0 saturated carbocycles. The Morgan fingerprint density at radius 2 is 0.833 bits per heavy atom. The summed E-state index contributed by atoms with van der Waals surface area (Å²) >= 11 is 0. The van der Waals surface area contributed by atoms with Gasteiger partial charge in [-0.2, -0.15) is 0 Å². The number of carboxylic acids is 1. The monoisotopic (exact) mass is 874 g/mol. The minimum absolute atomic E-state index is 0.155. The van der Waals surface area contributed by atoms with Gasteiger partial charge in [0.15, 0.2) is 6.10 Å². The van der Waals surface area contributed by atoms with Crippen LogP contribution in [0.4, 0.5) is 0 Å². The summed E-state index contributed by atoms with van der Waals surface area (Å²) < 4.78 is 32.7. The third kappa shape index (κ3) is 42.9. The maximum absolute atomic E-state index is 12.6. The van der Waals surface area contributed by atoms with Crippen molar-refractivity contribution >= 4 is 25.7 Å². The second-order valence-corrected chi connectivity index (χ2v) is 18.4. The predicted octanol–water partition coefficient (Wildman–Crippen LogP) is 13.6. The zero-order valence-electron chi connectivity index (χ0n) is 38.6. The van der Waals surface area contributed by atoms with Gasteiger partial charge in [0.1, 0.15) is 12.6 Å². The molecule has 0 heterocycles. The highest BCUT2D eigenvalue weighted by Crippen LogP contribution is 2.43. The van der Waals surface area contributed by atoms with Gasteiger partial charge in [0.2, 0.25) is 0 Å². The largest absolute Gasteiger partial charge is 0.480 e. The van der Waals surface area contributed by atoms with Crippen LogP contribution in [0.25, 0.3) is 0 Å². The lowest BCUT2D eigenvalue weighted by molar-refractivity contribution is -0.161. The number of esters is 2. The van der Waals surface area contributed by atoms with Gasteiger partial charge in [0.05, 0.1) is 13.2 Å². The number of phosphoric ester groups is 1. The van der Waals surface area contributed by atoms with E-state index in [0.717, 1.165) is 57.8 Å². The van der Waals surface area contributed by atoms with Crippen LogP contribution in [0.2, 0.25) is 0 Å². The van der Waals surface area contributed by atoms with Gasteiger partial charge in [-0.3, -0.25) is 23.4 Å². The smallest absolute Gasteiger partial charge is 0.472 e. The number of ether oxygens (including phenoxy) is 2. The van der Waals surface area contributed by atoms with Crippen molar-refractivity contribution < 1.29 is 47.5 Å². The average Bonchev–Trinajstić information content (AvgIpc) is 3.22. The van der Waals surface area contributed by atoms with E-state index >= 15 is 0 Å². The number of rotatable bonds is 47. The van der Waals surface area contributed by atoms with Gasteiger partial charge >= 0.3 is 25.7 Å². The van der Waals surface area contributed by atoms with E-state index in [0.29, 0.717) is 12.8 Å². The van der Waals surface area contributed by atoms with E-state index in [1.165, 1.54) is 148 Å². The summed E-state index contributed by atoms with van der Waals surface area (Å²) in [6.45, 7) is 2.81. The molecule has 0 aromatic heterocycles. The molecule has 60 heavy (non-hydrogen) atoms. The number of allylic oxidation sites excluding steroid dienone is 2. The number of phosphoric acid groups is 1. The van der Waals surface area contributed by atoms with Crippen LogP contribution in [0.3, 0.4) is 0 Å². The molecule has 354 valence electrons. The molecule has 3 unspecified atom stereocenters. The predicted molar refractivity (Wildman–Crippen MR) is 245 cm³/mol. The van der Waals surface area contributed by atoms with Gasteiger partial charge < -0.3 is 25.2 Å². The SMILES string of the molecule is CCCCC/C=C\CCCCCCCC(=O)OC(COC(=O)CCCCCCCCCCCCCCCCCCCCCCCCCC)COP(=O)(O)OCC(N)C(=O)O. The van der Waals surface area contributed by atoms with E-state index < -0.39 is 51.1 Å². The molecule has 0 spiro atoms. The summed E-state index contributed by atoms with van der Waals surface area (Å²) in [6, 6.07) is -1.52. The van der Waals surface area contributed by atoms with Crippen LogP contribution in [0, 0.1) is 0 Å². The van der Waals surface area contributed by atoms with Crippen molar-refractivity contribution in [3.05, 3.63) is 12.2 Å². The fourth-order valence-corrected chi connectivity index (χ4v) is 7.90. The van der Waals surface area contributed by atoms with Gasteiger partial charge in [-0.15, -0.1) is 0 Å². The molecule has 0 saturated heterocycles. The van der Waals surface area contributed by atoms with Crippen LogP contribution in [0.15, 0.2) is 12.2 Å². The molecule has 0 aromatic rings. The quantitative estimate of drug-likeness (QED) is 0.0230. The molecule has 12 heteroatoms. The third-order valence-corrected chi connectivity index (χ3v) is 12.0. The first-order chi connectivity index (χ1) is 29.1. The molecule has 4 N–H and O–H groups in total. The zero-order valence-corrected chi connectivity index (χ0v) is 39.5. The molecule has 0 radical (unpaired) electrons. The first-order valence-electron chi connectivity index (χ1n) is 24.7. The molecular weight excluding hydrogens is 781 g/mol. The van der Waals surface area contributed by atoms with Gasteiger partial charge in [0.25, 0.3) is 0 Å². The average molecular weight is 874 g/mol. The molecule has 0 rings (SSSR count). The van der Waals surface area contributed by atoms with Crippen LogP contribution in [-0.4, -0.2) is 59.9 Å². The van der Waals surface area contributed by atoms with Gasteiger partial charge in [-0.1, -0.05) is 206 Å². The highest BCUT2D eigenvalue weighted by molar-refractivity contribution is 7.47. The van der Waals surface area contributed by atoms with Crippen molar-refractivity contribution in [2.45, 2.75) is 257 Å². The van der Waals surface area contributed by atoms with Crippen LogP contribution >= 0.6 is 7.82 Å². The molecule has 0 aromatic carbocycles. The standard InChI is InChI=1S/C48H92NO10P/c1-3-5-7-9-11-13-15-17-18-19-20-21-22-23-24-25-26-27-28-30-31-33-35-37-39-46(50)56-41-44(42-57-60(54,55)58-43-45(49)48(52)53)59-47(51)40-38-36-34-32-29-16-14-12-10-8-6-4-2/h12,14,44-45H,3-11,13,15-43,49H2,1-2H3,(H,52,53)(H,54,55)/b14-12-. The summed E-state index contributed by atoms with van der Waals surface area (Å²) in [7, 11) is -4.71. The van der Waals surface area contributed by atoms with Crippen molar-refractivity contribution in [3.63, 3.8) is 0 Å². The number of carbonyl (C=O) groups is 3. The number of carbonyl (C=O) groups excluding carboxylic acids is 2. The lowest BCUT2D eigenvalue weighted by Crippen LogP contribution is -2.34. The van der Waals surface area contributed by atoms with Crippen LogP contribution in [-0.2, 0) is 37.5 Å². The highest BCUT2D eigenvalue weighted by atomic mass is 31.2. The van der Waals surface area contributed by atoms with Crippen LogP contribution < -0.4 is 5.73 Å². The van der Waals surface area contributed by atoms with E-state index in [2.05, 4.69) is 30.5 Å². The highest BCUT2D eigenvalue weighted by Gasteiger charge is 2.28. The van der Waals surface area contributed by atoms with E-state index in [4.69, 9.17) is 24.8 Å². The Bertz CT molecular complexity index is 1070. The Labute approximate surface area is 367 Å². The second kappa shape index (κ2) is 43.9. The summed E-state index contributed by atoms with van der Waals surface area (Å²) in [4.78, 5) is 46.0. The molecular formula is C48H92NO10P. The van der Waals surface area contributed by atoms with Gasteiger partial charge in [-0.05, 0) is 38.5 Å². The number of carboxylic acid groups (broad SMARTS) is 1. The second-order valence-electron chi connectivity index (χ2n) is 17.0. The number of aliphatic carboxylic acids is 1. The molecule has 0 fully saturated rings. The Morgan fingerprint density at radius 3 is 1.25 bits per heavy atom. The number of unbranched alkanes of at least 4 members (excludes halogenated alkanes) is 31. The number of hydrogen-bond donors (Lipinski definition) is 3. The van der Waals surface area contributed by atoms with Crippen molar-refractivity contribution in [1.82, 2.24) is 0 Å². The van der Waals surface area contributed by atoms with Crippen molar-refractivity contribution in [1.29, 1.82) is 0 Å². The van der Waals surface area contributed by atoms with Crippen LogP contribution in [0.1, 0.15) is 245 Å². The summed E-state index contributed by atoms with van der Waals surface area (Å²) in [6.07, 6.45) is 45.8. The first-order valence-corrected chi connectivity index (χ1v) is 26.2. The topological polar surface area (TPSA) is 172 Å². The Balaban J connectivity index is 4.12. The fraction of sp³-hybridized carbons (Fsp3) is 0.896. The van der Waals surface area contributed by atoms with Crippen molar-refractivity contribution in [3.8, 4) is 0 Å². The maximum atomic E-state index is 12.6.